The number of carbonyl (C=O) groups is 2. The highest BCUT2D eigenvalue weighted by Gasteiger charge is 2.32. The Morgan fingerprint density at radius 2 is 1.70 bits per heavy atom. The summed E-state index contributed by atoms with van der Waals surface area (Å²) in [6.07, 6.45) is 2.78. The van der Waals surface area contributed by atoms with Crippen LogP contribution in [-0.2, 0) is 26.2 Å². The molecule has 33 heavy (non-hydrogen) atoms. The first-order valence-electron chi connectivity index (χ1n) is 10.8. The molecule has 0 spiro atoms. The number of unbranched alkanes of at least 4 members (excludes halogenated alkanes) is 1. The van der Waals surface area contributed by atoms with Gasteiger partial charge in [-0.15, -0.1) is 0 Å². The smallest absolute Gasteiger partial charge is 0.247 e. The van der Waals surface area contributed by atoms with Gasteiger partial charge in [-0.1, -0.05) is 55.8 Å². The van der Waals surface area contributed by atoms with Crippen LogP contribution in [0.25, 0.3) is 0 Å². The zero-order valence-corrected chi connectivity index (χ0v) is 20.5. The molecule has 180 valence electrons. The Morgan fingerprint density at radius 1 is 1.06 bits per heavy atom. The summed E-state index contributed by atoms with van der Waals surface area (Å²) in [5.41, 5.74) is 1.43. The molecule has 1 atom stereocenters. The number of benzene rings is 2. The number of likely N-dealkylation sites (N-methyl/N-ethyl adjacent to an activating group) is 1. The molecular formula is C24H33N3O5S. The van der Waals surface area contributed by atoms with E-state index in [-0.39, 0.29) is 19.0 Å². The molecule has 2 aromatic rings. The van der Waals surface area contributed by atoms with Crippen molar-refractivity contribution in [3.05, 3.63) is 65.7 Å². The zero-order valence-electron chi connectivity index (χ0n) is 19.7. The predicted octanol–water partition coefficient (Wildman–Crippen LogP) is 2.57. The van der Waals surface area contributed by atoms with Gasteiger partial charge in [-0.2, -0.15) is 4.31 Å². The highest BCUT2D eigenvalue weighted by atomic mass is 32.2. The molecule has 0 heterocycles. The monoisotopic (exact) mass is 475 g/mol. The molecule has 0 aromatic heterocycles. The molecule has 0 fully saturated rings. The topological polar surface area (TPSA) is 96.0 Å². The van der Waals surface area contributed by atoms with E-state index in [1.165, 1.54) is 11.9 Å². The van der Waals surface area contributed by atoms with E-state index >= 15 is 0 Å². The van der Waals surface area contributed by atoms with Gasteiger partial charge in [0.1, 0.15) is 11.8 Å². The number of hydrogen-bond donors (Lipinski definition) is 1. The van der Waals surface area contributed by atoms with Crippen molar-refractivity contribution >= 4 is 21.8 Å². The fourth-order valence-electron chi connectivity index (χ4n) is 3.24. The Morgan fingerprint density at radius 3 is 2.24 bits per heavy atom. The van der Waals surface area contributed by atoms with Gasteiger partial charge in [-0.05, 0) is 29.7 Å². The van der Waals surface area contributed by atoms with Crippen molar-refractivity contribution in [2.45, 2.75) is 32.4 Å². The van der Waals surface area contributed by atoms with E-state index in [1.807, 2.05) is 25.1 Å². The van der Waals surface area contributed by atoms with Gasteiger partial charge >= 0.3 is 0 Å². The molecule has 0 aliphatic heterocycles. The van der Waals surface area contributed by atoms with Crippen molar-refractivity contribution in [1.29, 1.82) is 0 Å². The minimum Gasteiger partial charge on any atom is -0.497 e. The first kappa shape index (κ1) is 26.3. The molecule has 0 saturated heterocycles. The van der Waals surface area contributed by atoms with Crippen molar-refractivity contribution < 1.29 is 22.7 Å². The van der Waals surface area contributed by atoms with Crippen LogP contribution in [0.1, 0.15) is 36.9 Å². The van der Waals surface area contributed by atoms with Crippen LogP contribution in [0.2, 0.25) is 0 Å². The number of nitrogens with zero attached hydrogens (tertiary/aromatic N) is 2. The van der Waals surface area contributed by atoms with Gasteiger partial charge in [-0.25, -0.2) is 8.42 Å². The number of nitrogens with one attached hydrogen (secondary N) is 1. The van der Waals surface area contributed by atoms with E-state index in [0.29, 0.717) is 17.9 Å². The second-order valence-corrected chi connectivity index (χ2v) is 9.94. The van der Waals surface area contributed by atoms with Gasteiger partial charge in [0.2, 0.25) is 21.8 Å². The highest BCUT2D eigenvalue weighted by Crippen LogP contribution is 2.25. The van der Waals surface area contributed by atoms with Crippen LogP contribution in [0.3, 0.4) is 0 Å². The minimum absolute atomic E-state index is 0.126. The lowest BCUT2D eigenvalue weighted by Crippen LogP contribution is -2.47. The maximum absolute atomic E-state index is 13.4. The van der Waals surface area contributed by atoms with Gasteiger partial charge in [-0.3, -0.25) is 9.59 Å². The maximum atomic E-state index is 13.4. The Hall–Kier alpha value is -2.91. The van der Waals surface area contributed by atoms with Gasteiger partial charge in [0.25, 0.3) is 0 Å². The molecule has 0 saturated carbocycles. The molecular weight excluding hydrogens is 442 g/mol. The number of sulfonamides is 1. The van der Waals surface area contributed by atoms with Crippen molar-refractivity contribution in [1.82, 2.24) is 14.5 Å². The van der Waals surface area contributed by atoms with Crippen molar-refractivity contribution in [2.75, 3.05) is 33.5 Å². The third kappa shape index (κ3) is 7.87. The molecule has 2 aromatic carbocycles. The SMILES string of the molecule is CCCCNC(=O)C(c1ccccc1)N(Cc1ccc(OC)cc1)C(=O)CN(C)S(C)(=O)=O. The molecule has 0 aliphatic carbocycles. The Labute approximate surface area is 196 Å². The quantitative estimate of drug-likeness (QED) is 0.476. The lowest BCUT2D eigenvalue weighted by molar-refractivity contribution is -0.141. The number of amides is 2. The molecule has 2 rings (SSSR count). The molecule has 2 amide bonds. The average molecular weight is 476 g/mol. The van der Waals surface area contributed by atoms with Gasteiger partial charge in [0.15, 0.2) is 0 Å². The molecule has 0 aliphatic rings. The van der Waals surface area contributed by atoms with Crippen LogP contribution in [0.5, 0.6) is 5.75 Å². The molecule has 1 unspecified atom stereocenters. The van der Waals surface area contributed by atoms with E-state index < -0.39 is 22.0 Å². The first-order valence-corrected chi connectivity index (χ1v) is 12.7. The third-order valence-corrected chi connectivity index (χ3v) is 6.52. The summed E-state index contributed by atoms with van der Waals surface area (Å²) < 4.78 is 30.0. The van der Waals surface area contributed by atoms with E-state index in [2.05, 4.69) is 5.32 Å². The molecule has 0 radical (unpaired) electrons. The lowest BCUT2D eigenvalue weighted by atomic mass is 10.0. The van der Waals surface area contributed by atoms with Gasteiger partial charge < -0.3 is 15.0 Å². The number of methoxy groups -OCH3 is 1. The summed E-state index contributed by atoms with van der Waals surface area (Å²) >= 11 is 0. The van der Waals surface area contributed by atoms with E-state index in [9.17, 15) is 18.0 Å². The molecule has 8 nitrogen and oxygen atoms in total. The van der Waals surface area contributed by atoms with E-state index in [0.717, 1.165) is 29.0 Å². The zero-order chi connectivity index (χ0) is 24.4. The summed E-state index contributed by atoms with van der Waals surface area (Å²) in [6.45, 7) is 2.27. The van der Waals surface area contributed by atoms with Crippen LogP contribution < -0.4 is 10.1 Å². The Kier molecular flexibility index (Phi) is 9.87. The number of rotatable bonds is 12. The first-order chi connectivity index (χ1) is 15.7. The molecule has 9 heteroatoms. The summed E-state index contributed by atoms with van der Waals surface area (Å²) in [5.74, 6) is -0.109. The maximum Gasteiger partial charge on any atom is 0.247 e. The highest BCUT2D eigenvalue weighted by molar-refractivity contribution is 7.88. The van der Waals surface area contributed by atoms with Crippen molar-refractivity contribution in [3.8, 4) is 5.75 Å². The molecule has 1 N–H and O–H groups in total. The molecule has 0 bridgehead atoms. The summed E-state index contributed by atoms with van der Waals surface area (Å²) in [5, 5.41) is 2.92. The number of ether oxygens (including phenoxy) is 1. The van der Waals surface area contributed by atoms with Crippen LogP contribution in [0, 0.1) is 0 Å². The lowest BCUT2D eigenvalue weighted by Gasteiger charge is -2.32. The van der Waals surface area contributed by atoms with Crippen molar-refractivity contribution in [2.24, 2.45) is 0 Å². The van der Waals surface area contributed by atoms with E-state index in [4.69, 9.17) is 4.74 Å². The predicted molar refractivity (Wildman–Crippen MR) is 128 cm³/mol. The number of hydrogen-bond acceptors (Lipinski definition) is 5. The second kappa shape index (κ2) is 12.4. The summed E-state index contributed by atoms with van der Waals surface area (Å²) in [4.78, 5) is 28.1. The minimum atomic E-state index is -3.57. The average Bonchev–Trinajstić information content (AvgIpc) is 2.79. The third-order valence-electron chi connectivity index (χ3n) is 5.26. The summed E-state index contributed by atoms with van der Waals surface area (Å²) in [7, 11) is -0.660. The van der Waals surface area contributed by atoms with Crippen LogP contribution in [0.15, 0.2) is 54.6 Å². The van der Waals surface area contributed by atoms with Crippen LogP contribution in [-0.4, -0.2) is 62.9 Å². The fraction of sp³-hybridized carbons (Fsp3) is 0.417. The fourth-order valence-corrected chi connectivity index (χ4v) is 3.59. The van der Waals surface area contributed by atoms with Crippen LogP contribution >= 0.6 is 0 Å². The normalized spacial score (nSPS) is 12.3. The van der Waals surface area contributed by atoms with Gasteiger partial charge in [0.05, 0.1) is 19.9 Å². The Bertz CT molecular complexity index is 1010. The number of carbonyl (C=O) groups excluding carboxylic acids is 2. The largest absolute Gasteiger partial charge is 0.497 e. The Balaban J connectivity index is 2.45. The standard InChI is InChI=1S/C24H33N3O5S/c1-5-6-16-25-24(29)23(20-10-8-7-9-11-20)27(22(28)18-26(2)33(4,30)31)17-19-12-14-21(32-3)15-13-19/h7-15,23H,5-6,16-18H2,1-4H3,(H,25,29). The van der Waals surface area contributed by atoms with Crippen molar-refractivity contribution in [3.63, 3.8) is 0 Å². The van der Waals surface area contributed by atoms with Crippen LogP contribution in [0.4, 0.5) is 0 Å². The van der Waals surface area contributed by atoms with E-state index in [1.54, 1.807) is 43.5 Å². The summed E-state index contributed by atoms with van der Waals surface area (Å²) in [6, 6.07) is 15.3. The van der Waals surface area contributed by atoms with Gasteiger partial charge in [0, 0.05) is 20.1 Å². The second-order valence-electron chi connectivity index (χ2n) is 7.85.